The fourth-order valence-electron chi connectivity index (χ4n) is 3.08. The second-order valence-electron chi connectivity index (χ2n) is 6.31. The summed E-state index contributed by atoms with van der Waals surface area (Å²) < 4.78 is 0. The van der Waals surface area contributed by atoms with Gasteiger partial charge in [0, 0.05) is 13.1 Å². The van der Waals surface area contributed by atoms with Gasteiger partial charge in [-0.1, -0.05) is 12.1 Å². The van der Waals surface area contributed by atoms with E-state index in [1.807, 2.05) is 37.3 Å². The summed E-state index contributed by atoms with van der Waals surface area (Å²) >= 11 is 0. The first kappa shape index (κ1) is 15.6. The van der Waals surface area contributed by atoms with Crippen molar-refractivity contribution in [3.8, 4) is 0 Å². The van der Waals surface area contributed by atoms with E-state index in [2.05, 4.69) is 30.4 Å². The number of imidazole rings is 1. The van der Waals surface area contributed by atoms with Gasteiger partial charge in [-0.3, -0.25) is 4.79 Å². The lowest BCUT2D eigenvalue weighted by Crippen LogP contribution is -2.28. The smallest absolute Gasteiger partial charge is 0.272 e. The summed E-state index contributed by atoms with van der Waals surface area (Å²) in [6.07, 6.45) is 2.36. The average Bonchev–Trinajstić information content (AvgIpc) is 3.31. The van der Waals surface area contributed by atoms with Gasteiger partial charge in [-0.05, 0) is 44.0 Å². The van der Waals surface area contributed by atoms with Crippen LogP contribution in [0.1, 0.15) is 42.1 Å². The van der Waals surface area contributed by atoms with Gasteiger partial charge in [0.25, 0.3) is 5.91 Å². The Morgan fingerprint density at radius 3 is 2.68 bits per heavy atom. The summed E-state index contributed by atoms with van der Waals surface area (Å²) in [5, 5.41) is 11.2. The normalized spacial score (nSPS) is 15.5. The van der Waals surface area contributed by atoms with Gasteiger partial charge in [0.15, 0.2) is 11.5 Å². The summed E-state index contributed by atoms with van der Waals surface area (Å²) in [7, 11) is 0. The van der Waals surface area contributed by atoms with Gasteiger partial charge in [-0.15, -0.1) is 10.2 Å². The lowest BCUT2D eigenvalue weighted by Gasteiger charge is -2.15. The molecule has 4 rings (SSSR count). The van der Waals surface area contributed by atoms with Crippen LogP contribution in [0, 0.1) is 0 Å². The molecule has 1 aromatic carbocycles. The summed E-state index contributed by atoms with van der Waals surface area (Å²) in [5.41, 5.74) is 2.15. The van der Waals surface area contributed by atoms with Crippen molar-refractivity contribution in [3.05, 3.63) is 47.9 Å². The molecule has 0 unspecified atom stereocenters. The van der Waals surface area contributed by atoms with Crippen LogP contribution in [0.15, 0.2) is 36.4 Å². The number of carbonyl (C=O) groups excluding carboxylic acids is 1. The van der Waals surface area contributed by atoms with Crippen LogP contribution < -0.4 is 10.2 Å². The molecular weight excluding hydrogens is 316 g/mol. The van der Waals surface area contributed by atoms with Crippen molar-refractivity contribution >= 4 is 22.8 Å². The van der Waals surface area contributed by atoms with Crippen molar-refractivity contribution in [3.63, 3.8) is 0 Å². The summed E-state index contributed by atoms with van der Waals surface area (Å²) in [6, 6.07) is 11.1. The van der Waals surface area contributed by atoms with Crippen molar-refractivity contribution in [2.75, 3.05) is 18.0 Å². The number of hydrogen-bond acceptors (Lipinski definition) is 5. The van der Waals surface area contributed by atoms with E-state index in [0.717, 1.165) is 35.8 Å². The molecule has 1 aliphatic heterocycles. The molecule has 128 valence electrons. The molecule has 3 heterocycles. The molecule has 0 bridgehead atoms. The molecule has 2 N–H and O–H groups in total. The zero-order chi connectivity index (χ0) is 17.2. The fraction of sp³-hybridized carbons (Fsp3) is 0.333. The molecule has 2 aromatic heterocycles. The number of nitrogens with one attached hydrogen (secondary N) is 2. The lowest BCUT2D eigenvalue weighted by molar-refractivity contribution is 0.0932. The minimum atomic E-state index is -0.256. The number of carbonyl (C=O) groups is 1. The minimum absolute atomic E-state index is 0.250. The maximum absolute atomic E-state index is 12.4. The van der Waals surface area contributed by atoms with Crippen LogP contribution in [-0.2, 0) is 0 Å². The topological polar surface area (TPSA) is 86.8 Å². The van der Waals surface area contributed by atoms with E-state index < -0.39 is 0 Å². The van der Waals surface area contributed by atoms with Crippen LogP contribution in [0.3, 0.4) is 0 Å². The van der Waals surface area contributed by atoms with Crippen LogP contribution in [0.4, 0.5) is 5.82 Å². The fourth-order valence-corrected chi connectivity index (χ4v) is 3.08. The number of anilines is 1. The zero-order valence-corrected chi connectivity index (χ0v) is 14.1. The first-order valence-corrected chi connectivity index (χ1v) is 8.55. The van der Waals surface area contributed by atoms with E-state index >= 15 is 0 Å². The van der Waals surface area contributed by atoms with E-state index in [0.29, 0.717) is 5.69 Å². The van der Waals surface area contributed by atoms with E-state index in [1.165, 1.54) is 12.8 Å². The molecule has 0 aliphatic carbocycles. The molecule has 0 spiro atoms. The van der Waals surface area contributed by atoms with Crippen molar-refractivity contribution in [2.24, 2.45) is 0 Å². The molecule has 1 atom stereocenters. The standard InChI is InChI=1S/C18H20N6O/c1-12(17-20-13-6-2-3-7-14(13)21-17)19-18(25)15-8-9-16(23-22-15)24-10-4-5-11-24/h2-3,6-9,12H,4-5,10-11H2,1H3,(H,19,25)(H,20,21)/t12-/m0/s1. The average molecular weight is 336 g/mol. The number of H-pyrrole nitrogens is 1. The van der Waals surface area contributed by atoms with Gasteiger partial charge in [-0.2, -0.15) is 0 Å². The van der Waals surface area contributed by atoms with Gasteiger partial charge in [-0.25, -0.2) is 4.98 Å². The maximum Gasteiger partial charge on any atom is 0.272 e. The molecule has 7 heteroatoms. The second kappa shape index (κ2) is 6.51. The number of fused-ring (bicyclic) bond motifs is 1. The molecule has 0 radical (unpaired) electrons. The van der Waals surface area contributed by atoms with Crippen molar-refractivity contribution in [1.82, 2.24) is 25.5 Å². The molecule has 0 saturated carbocycles. The van der Waals surface area contributed by atoms with Gasteiger partial charge in [0.2, 0.25) is 0 Å². The minimum Gasteiger partial charge on any atom is -0.355 e. The Morgan fingerprint density at radius 2 is 1.96 bits per heavy atom. The number of aromatic amines is 1. The Bertz CT molecular complexity index is 849. The summed E-state index contributed by atoms with van der Waals surface area (Å²) in [4.78, 5) is 22.3. The quantitative estimate of drug-likeness (QED) is 0.764. The van der Waals surface area contributed by atoms with Crippen LogP contribution in [-0.4, -0.2) is 39.2 Å². The number of aromatic nitrogens is 4. The van der Waals surface area contributed by atoms with E-state index in [4.69, 9.17) is 0 Å². The highest BCUT2D eigenvalue weighted by molar-refractivity contribution is 5.92. The lowest BCUT2D eigenvalue weighted by atomic mass is 10.3. The van der Waals surface area contributed by atoms with Crippen molar-refractivity contribution < 1.29 is 4.79 Å². The largest absolute Gasteiger partial charge is 0.355 e. The van der Waals surface area contributed by atoms with Gasteiger partial charge < -0.3 is 15.2 Å². The predicted molar refractivity (Wildman–Crippen MR) is 95.5 cm³/mol. The highest BCUT2D eigenvalue weighted by atomic mass is 16.2. The Labute approximate surface area is 145 Å². The maximum atomic E-state index is 12.4. The van der Waals surface area contributed by atoms with Crippen molar-refractivity contribution in [2.45, 2.75) is 25.8 Å². The Balaban J connectivity index is 1.45. The predicted octanol–water partition coefficient (Wildman–Crippen LogP) is 2.44. The second-order valence-corrected chi connectivity index (χ2v) is 6.31. The van der Waals surface area contributed by atoms with Crippen LogP contribution in [0.2, 0.25) is 0 Å². The van der Waals surface area contributed by atoms with Crippen LogP contribution in [0.25, 0.3) is 11.0 Å². The Kier molecular flexibility index (Phi) is 4.05. The molecule has 1 fully saturated rings. The first-order chi connectivity index (χ1) is 12.2. The zero-order valence-electron chi connectivity index (χ0n) is 14.1. The third-order valence-corrected chi connectivity index (χ3v) is 4.48. The molecule has 1 amide bonds. The molecule has 3 aromatic rings. The Hall–Kier alpha value is -2.96. The third-order valence-electron chi connectivity index (χ3n) is 4.48. The summed E-state index contributed by atoms with van der Waals surface area (Å²) in [5.74, 6) is 1.30. The monoisotopic (exact) mass is 336 g/mol. The Morgan fingerprint density at radius 1 is 1.16 bits per heavy atom. The SMILES string of the molecule is C[C@H](NC(=O)c1ccc(N2CCCC2)nn1)c1nc2ccccc2[nH]1. The number of hydrogen-bond donors (Lipinski definition) is 2. The van der Waals surface area contributed by atoms with E-state index in [-0.39, 0.29) is 11.9 Å². The van der Waals surface area contributed by atoms with E-state index in [1.54, 1.807) is 6.07 Å². The van der Waals surface area contributed by atoms with Gasteiger partial charge in [0.1, 0.15) is 5.82 Å². The third kappa shape index (κ3) is 3.17. The van der Waals surface area contributed by atoms with Crippen molar-refractivity contribution in [1.29, 1.82) is 0 Å². The molecular formula is C18H20N6O. The van der Waals surface area contributed by atoms with E-state index in [9.17, 15) is 4.79 Å². The number of rotatable bonds is 4. The number of benzene rings is 1. The molecule has 1 saturated heterocycles. The van der Waals surface area contributed by atoms with Crippen LogP contribution in [0.5, 0.6) is 0 Å². The van der Waals surface area contributed by atoms with Gasteiger partial charge in [0.05, 0.1) is 17.1 Å². The summed E-state index contributed by atoms with van der Waals surface area (Å²) in [6.45, 7) is 3.90. The molecule has 7 nitrogen and oxygen atoms in total. The number of para-hydroxylation sites is 2. The van der Waals surface area contributed by atoms with Crippen LogP contribution >= 0.6 is 0 Å². The highest BCUT2D eigenvalue weighted by Crippen LogP contribution is 2.18. The number of nitrogens with zero attached hydrogens (tertiary/aromatic N) is 4. The first-order valence-electron chi connectivity index (χ1n) is 8.55. The van der Waals surface area contributed by atoms with Gasteiger partial charge >= 0.3 is 0 Å². The molecule has 25 heavy (non-hydrogen) atoms. The number of amides is 1. The highest BCUT2D eigenvalue weighted by Gasteiger charge is 2.18. The molecule has 1 aliphatic rings.